The van der Waals surface area contributed by atoms with Crippen molar-refractivity contribution >= 4 is 11.6 Å². The molecule has 0 saturated heterocycles. The van der Waals surface area contributed by atoms with Crippen LogP contribution in [-0.4, -0.2) is 40.2 Å². The molecular formula is C18H21F3N2O3. The summed E-state index contributed by atoms with van der Waals surface area (Å²) < 4.78 is 45.8. The van der Waals surface area contributed by atoms with Crippen LogP contribution in [0.2, 0.25) is 0 Å². The van der Waals surface area contributed by atoms with E-state index in [2.05, 4.69) is 5.10 Å². The Balaban J connectivity index is 1.82. The maximum atomic E-state index is 13.4. The molecule has 1 saturated carbocycles. The molecule has 1 aliphatic carbocycles. The minimum Gasteiger partial charge on any atom is -0.493 e. The quantitative estimate of drug-likeness (QED) is 0.862. The first-order valence-electron chi connectivity index (χ1n) is 8.55. The molecule has 0 aromatic heterocycles. The minimum atomic E-state index is -5.00. The lowest BCUT2D eigenvalue weighted by atomic mass is 10.0. The molecule has 0 bridgehead atoms. The normalized spacial score (nSPS) is 23.3. The third-order valence-electron chi connectivity index (χ3n) is 4.39. The lowest BCUT2D eigenvalue weighted by molar-refractivity contribution is -0.297. The fourth-order valence-corrected chi connectivity index (χ4v) is 2.73. The first-order valence-corrected chi connectivity index (χ1v) is 8.55. The third kappa shape index (κ3) is 3.56. The van der Waals surface area contributed by atoms with Crippen molar-refractivity contribution in [2.24, 2.45) is 16.9 Å². The van der Waals surface area contributed by atoms with Crippen molar-refractivity contribution in [2.75, 3.05) is 6.61 Å². The monoisotopic (exact) mass is 370 g/mol. The molecule has 1 aromatic rings. The summed E-state index contributed by atoms with van der Waals surface area (Å²) >= 11 is 0. The molecule has 0 unspecified atom stereocenters. The minimum absolute atomic E-state index is 0.00497. The van der Waals surface area contributed by atoms with Gasteiger partial charge in [-0.25, -0.2) is 0 Å². The fourth-order valence-electron chi connectivity index (χ4n) is 2.73. The molecule has 8 heteroatoms. The van der Waals surface area contributed by atoms with Gasteiger partial charge in [-0.05, 0) is 48.9 Å². The number of nitrogens with zero attached hydrogens (tertiary/aromatic N) is 2. The molecule has 1 atom stereocenters. The molecule has 5 nitrogen and oxygen atoms in total. The molecular weight excluding hydrogens is 349 g/mol. The van der Waals surface area contributed by atoms with Gasteiger partial charge in [0.15, 0.2) is 0 Å². The van der Waals surface area contributed by atoms with Gasteiger partial charge in [-0.2, -0.15) is 23.3 Å². The molecule has 3 rings (SSSR count). The molecule has 1 heterocycles. The summed E-state index contributed by atoms with van der Waals surface area (Å²) in [6.45, 7) is 4.46. The zero-order chi connectivity index (χ0) is 19.1. The number of hydrogen-bond acceptors (Lipinski definition) is 4. The zero-order valence-electron chi connectivity index (χ0n) is 14.6. The van der Waals surface area contributed by atoms with Crippen molar-refractivity contribution in [1.82, 2.24) is 5.01 Å². The summed E-state index contributed by atoms with van der Waals surface area (Å²) in [5, 5.41) is 14.2. The van der Waals surface area contributed by atoms with E-state index in [0.29, 0.717) is 18.3 Å². The van der Waals surface area contributed by atoms with Crippen LogP contribution in [0.4, 0.5) is 13.2 Å². The summed E-state index contributed by atoms with van der Waals surface area (Å²) in [6.07, 6.45) is -4.22. The molecule has 26 heavy (non-hydrogen) atoms. The predicted molar refractivity (Wildman–Crippen MR) is 88.7 cm³/mol. The highest BCUT2D eigenvalue weighted by molar-refractivity contribution is 5.99. The van der Waals surface area contributed by atoms with E-state index in [0.717, 1.165) is 12.8 Å². The summed E-state index contributed by atoms with van der Waals surface area (Å²) in [7, 11) is 0. The van der Waals surface area contributed by atoms with Crippen molar-refractivity contribution in [1.29, 1.82) is 0 Å². The molecule has 0 spiro atoms. The van der Waals surface area contributed by atoms with Crippen LogP contribution in [0.15, 0.2) is 29.4 Å². The van der Waals surface area contributed by atoms with E-state index in [9.17, 15) is 23.1 Å². The summed E-state index contributed by atoms with van der Waals surface area (Å²) in [5.41, 5.74) is -3.06. The highest BCUT2D eigenvalue weighted by Gasteiger charge is 2.64. The van der Waals surface area contributed by atoms with Gasteiger partial charge in [-0.3, -0.25) is 4.79 Å². The highest BCUT2D eigenvalue weighted by atomic mass is 19.4. The third-order valence-corrected chi connectivity index (χ3v) is 4.39. The number of aliphatic hydroxyl groups is 1. The van der Waals surface area contributed by atoms with Gasteiger partial charge in [0.05, 0.1) is 6.61 Å². The van der Waals surface area contributed by atoms with E-state index in [1.807, 2.05) is 13.8 Å². The molecule has 1 aromatic carbocycles. The van der Waals surface area contributed by atoms with Crippen LogP contribution in [0.5, 0.6) is 5.75 Å². The van der Waals surface area contributed by atoms with Crippen molar-refractivity contribution < 1.29 is 27.8 Å². The molecule has 0 radical (unpaired) electrons. The molecule has 142 valence electrons. The van der Waals surface area contributed by atoms with Crippen LogP contribution >= 0.6 is 0 Å². The van der Waals surface area contributed by atoms with Gasteiger partial charge >= 0.3 is 6.18 Å². The number of benzene rings is 1. The second-order valence-corrected chi connectivity index (χ2v) is 7.20. The first kappa shape index (κ1) is 18.7. The molecule has 1 amide bonds. The van der Waals surface area contributed by atoms with Crippen molar-refractivity contribution in [3.63, 3.8) is 0 Å². The van der Waals surface area contributed by atoms with E-state index < -0.39 is 24.2 Å². The number of carbonyl (C=O) groups excluding carboxylic acids is 1. The number of ether oxygens (including phenoxy) is 1. The maximum Gasteiger partial charge on any atom is 0.438 e. The maximum absolute atomic E-state index is 13.4. The van der Waals surface area contributed by atoms with Gasteiger partial charge in [0.25, 0.3) is 11.6 Å². The van der Waals surface area contributed by atoms with Crippen molar-refractivity contribution in [3.05, 3.63) is 29.8 Å². The van der Waals surface area contributed by atoms with Crippen LogP contribution in [0, 0.1) is 11.8 Å². The first-order chi connectivity index (χ1) is 12.1. The Kier molecular flexibility index (Phi) is 4.72. The number of carbonyl (C=O) groups is 1. The molecule has 1 N–H and O–H groups in total. The van der Waals surface area contributed by atoms with Crippen LogP contribution in [-0.2, 0) is 0 Å². The lowest BCUT2D eigenvalue weighted by Crippen LogP contribution is -2.56. The van der Waals surface area contributed by atoms with E-state index in [-0.39, 0.29) is 22.2 Å². The molecule has 2 aliphatic rings. The van der Waals surface area contributed by atoms with Gasteiger partial charge in [-0.15, -0.1) is 0 Å². The van der Waals surface area contributed by atoms with Crippen LogP contribution < -0.4 is 4.74 Å². The van der Waals surface area contributed by atoms with Gasteiger partial charge in [0.1, 0.15) is 5.75 Å². The molecule has 1 fully saturated rings. The van der Waals surface area contributed by atoms with Crippen molar-refractivity contribution in [3.8, 4) is 5.75 Å². The summed E-state index contributed by atoms with van der Waals surface area (Å²) in [6, 6.07) is 5.78. The van der Waals surface area contributed by atoms with Crippen LogP contribution in [0.25, 0.3) is 0 Å². The van der Waals surface area contributed by atoms with Gasteiger partial charge < -0.3 is 9.84 Å². The Morgan fingerprint density at radius 3 is 2.46 bits per heavy atom. The van der Waals surface area contributed by atoms with E-state index in [4.69, 9.17) is 4.74 Å². The standard InChI is InChI=1S/C18H21F3N2O3/c1-11(2)10-26-14-7-5-13(6-8-14)16(24)23-17(25,18(19,20)21)9-15(22-23)12-3-4-12/h5-8,11-12,25H,3-4,9-10H2,1-2H3/t17-/m1/s1. The van der Waals surface area contributed by atoms with E-state index >= 15 is 0 Å². The number of hydrazone groups is 1. The Morgan fingerprint density at radius 1 is 1.35 bits per heavy atom. The Bertz CT molecular complexity index is 711. The smallest absolute Gasteiger partial charge is 0.438 e. The predicted octanol–water partition coefficient (Wildman–Crippen LogP) is 3.58. The van der Waals surface area contributed by atoms with E-state index in [1.54, 1.807) is 0 Å². The summed E-state index contributed by atoms with van der Waals surface area (Å²) in [4.78, 5) is 12.6. The Labute approximate surface area is 149 Å². The number of amides is 1. The van der Waals surface area contributed by atoms with Gasteiger partial charge in [0.2, 0.25) is 0 Å². The van der Waals surface area contributed by atoms with Gasteiger partial charge in [0, 0.05) is 17.7 Å². The Morgan fingerprint density at radius 2 is 1.96 bits per heavy atom. The van der Waals surface area contributed by atoms with E-state index in [1.165, 1.54) is 24.3 Å². The Hall–Kier alpha value is -2.09. The van der Waals surface area contributed by atoms with Crippen LogP contribution in [0.1, 0.15) is 43.5 Å². The fraction of sp³-hybridized carbons (Fsp3) is 0.556. The number of hydrogen-bond donors (Lipinski definition) is 1. The van der Waals surface area contributed by atoms with Gasteiger partial charge in [-0.1, -0.05) is 13.8 Å². The number of halogens is 3. The second kappa shape index (κ2) is 6.57. The number of alkyl halides is 3. The highest BCUT2D eigenvalue weighted by Crippen LogP contribution is 2.45. The molecule has 1 aliphatic heterocycles. The lowest BCUT2D eigenvalue weighted by Gasteiger charge is -2.32. The topological polar surface area (TPSA) is 62.1 Å². The largest absolute Gasteiger partial charge is 0.493 e. The number of rotatable bonds is 5. The SMILES string of the molecule is CC(C)COc1ccc(C(=O)N2N=C(C3CC3)C[C@@]2(O)C(F)(F)F)cc1. The van der Waals surface area contributed by atoms with Crippen LogP contribution in [0.3, 0.4) is 0 Å². The average Bonchev–Trinajstić information content (AvgIpc) is 3.35. The average molecular weight is 370 g/mol. The second-order valence-electron chi connectivity index (χ2n) is 7.20. The van der Waals surface area contributed by atoms with Crippen molar-refractivity contribution in [2.45, 2.75) is 45.0 Å². The summed E-state index contributed by atoms with van der Waals surface area (Å²) in [5.74, 6) is -0.229. The zero-order valence-corrected chi connectivity index (χ0v) is 14.6.